The second-order valence-corrected chi connectivity index (χ2v) is 6.46. The van der Waals surface area contributed by atoms with Crippen molar-refractivity contribution in [3.05, 3.63) is 48.6 Å². The molecule has 6 heteroatoms. The molecule has 1 heterocycles. The Balaban J connectivity index is 2.19. The fourth-order valence-corrected chi connectivity index (χ4v) is 3.41. The van der Waals surface area contributed by atoms with Crippen LogP contribution in [0.1, 0.15) is 31.4 Å². The standard InChI is InChI=1S/C19H24F2N2O2/c1-4-16(14-9-7-6-8-10-14)22(3)18(25)15-11-19(20,21)13-23(12-15)17(24)5-2/h5-10,15-16H,2,4,11-13H2,1,3H3. The summed E-state index contributed by atoms with van der Waals surface area (Å²) >= 11 is 0. The van der Waals surface area contributed by atoms with E-state index in [9.17, 15) is 18.4 Å². The van der Waals surface area contributed by atoms with E-state index in [1.54, 1.807) is 7.05 Å². The van der Waals surface area contributed by atoms with E-state index in [4.69, 9.17) is 0 Å². The summed E-state index contributed by atoms with van der Waals surface area (Å²) in [5.41, 5.74) is 0.961. The number of carbonyl (C=O) groups is 2. The summed E-state index contributed by atoms with van der Waals surface area (Å²) < 4.78 is 28.1. The number of carbonyl (C=O) groups excluding carboxylic acids is 2. The molecule has 1 aromatic carbocycles. The minimum Gasteiger partial charge on any atom is -0.338 e. The Kier molecular flexibility index (Phi) is 5.93. The van der Waals surface area contributed by atoms with Crippen molar-refractivity contribution in [3.8, 4) is 0 Å². The lowest BCUT2D eigenvalue weighted by molar-refractivity contribution is -0.153. The van der Waals surface area contributed by atoms with Gasteiger partial charge in [0.2, 0.25) is 11.8 Å². The van der Waals surface area contributed by atoms with Crippen LogP contribution < -0.4 is 0 Å². The molecule has 1 fully saturated rings. The van der Waals surface area contributed by atoms with Crippen molar-refractivity contribution in [2.24, 2.45) is 5.92 Å². The van der Waals surface area contributed by atoms with Crippen molar-refractivity contribution in [2.45, 2.75) is 31.7 Å². The van der Waals surface area contributed by atoms with Crippen LogP contribution in [0.5, 0.6) is 0 Å². The van der Waals surface area contributed by atoms with E-state index in [1.807, 2.05) is 37.3 Å². The van der Waals surface area contributed by atoms with Gasteiger partial charge in [0, 0.05) is 20.0 Å². The van der Waals surface area contributed by atoms with Crippen LogP contribution >= 0.6 is 0 Å². The van der Waals surface area contributed by atoms with Gasteiger partial charge in [0.05, 0.1) is 18.5 Å². The summed E-state index contributed by atoms with van der Waals surface area (Å²) in [4.78, 5) is 27.1. The SMILES string of the molecule is C=CC(=O)N1CC(C(=O)N(C)C(CC)c2ccccc2)CC(F)(F)C1. The fraction of sp³-hybridized carbons (Fsp3) is 0.474. The van der Waals surface area contributed by atoms with Crippen molar-refractivity contribution in [3.63, 3.8) is 0 Å². The molecule has 0 bridgehead atoms. The van der Waals surface area contributed by atoms with Crippen LogP contribution in [0.4, 0.5) is 8.78 Å². The van der Waals surface area contributed by atoms with E-state index >= 15 is 0 Å². The molecule has 136 valence electrons. The zero-order valence-corrected chi connectivity index (χ0v) is 14.6. The van der Waals surface area contributed by atoms with Gasteiger partial charge in [0.1, 0.15) is 0 Å². The maximum absolute atomic E-state index is 14.0. The van der Waals surface area contributed by atoms with Crippen molar-refractivity contribution in [1.82, 2.24) is 9.80 Å². The molecule has 2 atom stereocenters. The van der Waals surface area contributed by atoms with Crippen LogP contribution in [0.3, 0.4) is 0 Å². The third-order valence-electron chi connectivity index (χ3n) is 4.63. The Morgan fingerprint density at radius 2 is 2.04 bits per heavy atom. The zero-order valence-electron chi connectivity index (χ0n) is 14.6. The topological polar surface area (TPSA) is 40.6 Å². The molecule has 2 amide bonds. The molecule has 0 spiro atoms. The molecule has 0 radical (unpaired) electrons. The fourth-order valence-electron chi connectivity index (χ4n) is 3.41. The molecular formula is C19H24F2N2O2. The smallest absolute Gasteiger partial charge is 0.266 e. The molecule has 2 rings (SSSR count). The van der Waals surface area contributed by atoms with Gasteiger partial charge in [-0.1, -0.05) is 43.8 Å². The van der Waals surface area contributed by atoms with Gasteiger partial charge in [0.15, 0.2) is 0 Å². The zero-order chi connectivity index (χ0) is 18.6. The first-order chi connectivity index (χ1) is 11.8. The number of nitrogens with zero attached hydrogens (tertiary/aromatic N) is 2. The molecule has 1 aromatic rings. The predicted octanol–water partition coefficient (Wildman–Crippen LogP) is 3.27. The normalized spacial score (nSPS) is 20.6. The van der Waals surface area contributed by atoms with Crippen LogP contribution in [0.15, 0.2) is 43.0 Å². The molecule has 1 aliphatic rings. The number of rotatable bonds is 5. The quantitative estimate of drug-likeness (QED) is 0.765. The molecule has 0 aliphatic carbocycles. The molecule has 25 heavy (non-hydrogen) atoms. The number of likely N-dealkylation sites (tertiary alicyclic amines) is 1. The first-order valence-electron chi connectivity index (χ1n) is 8.40. The Bertz CT molecular complexity index is 634. The minimum atomic E-state index is -3.08. The van der Waals surface area contributed by atoms with Crippen LogP contribution in [-0.2, 0) is 9.59 Å². The summed E-state index contributed by atoms with van der Waals surface area (Å²) in [5, 5.41) is 0. The summed E-state index contributed by atoms with van der Waals surface area (Å²) in [6.45, 7) is 4.62. The van der Waals surface area contributed by atoms with Crippen LogP contribution in [0, 0.1) is 5.92 Å². The molecule has 2 unspecified atom stereocenters. The van der Waals surface area contributed by atoms with Gasteiger partial charge in [-0.15, -0.1) is 0 Å². The first-order valence-corrected chi connectivity index (χ1v) is 8.40. The predicted molar refractivity (Wildman–Crippen MR) is 92.1 cm³/mol. The molecule has 1 saturated heterocycles. The highest BCUT2D eigenvalue weighted by Crippen LogP contribution is 2.33. The summed E-state index contributed by atoms with van der Waals surface area (Å²) in [7, 11) is 1.63. The number of benzene rings is 1. The molecular weight excluding hydrogens is 326 g/mol. The van der Waals surface area contributed by atoms with E-state index < -0.39 is 30.7 Å². The average Bonchev–Trinajstić information content (AvgIpc) is 2.60. The van der Waals surface area contributed by atoms with Crippen molar-refractivity contribution >= 4 is 11.8 Å². The lowest BCUT2D eigenvalue weighted by atomic mass is 9.92. The largest absolute Gasteiger partial charge is 0.338 e. The van der Waals surface area contributed by atoms with E-state index in [-0.39, 0.29) is 18.5 Å². The van der Waals surface area contributed by atoms with Crippen molar-refractivity contribution in [2.75, 3.05) is 20.1 Å². The van der Waals surface area contributed by atoms with E-state index in [0.29, 0.717) is 6.42 Å². The van der Waals surface area contributed by atoms with Crippen LogP contribution in [0.25, 0.3) is 0 Å². The van der Waals surface area contributed by atoms with Crippen LogP contribution in [0.2, 0.25) is 0 Å². The van der Waals surface area contributed by atoms with Gasteiger partial charge in [-0.2, -0.15) is 0 Å². The lowest BCUT2D eigenvalue weighted by Gasteiger charge is -2.39. The molecule has 4 nitrogen and oxygen atoms in total. The van der Waals surface area contributed by atoms with Gasteiger partial charge < -0.3 is 9.80 Å². The molecule has 0 saturated carbocycles. The number of amides is 2. The lowest BCUT2D eigenvalue weighted by Crippen LogP contribution is -2.53. The number of hydrogen-bond donors (Lipinski definition) is 0. The second kappa shape index (κ2) is 7.76. The minimum absolute atomic E-state index is 0.00512. The van der Waals surface area contributed by atoms with E-state index in [0.717, 1.165) is 16.5 Å². The van der Waals surface area contributed by atoms with Gasteiger partial charge >= 0.3 is 0 Å². The Morgan fingerprint density at radius 3 is 2.60 bits per heavy atom. The van der Waals surface area contributed by atoms with E-state index in [1.165, 1.54) is 4.90 Å². The maximum Gasteiger partial charge on any atom is 0.266 e. The number of halogens is 2. The highest BCUT2D eigenvalue weighted by atomic mass is 19.3. The maximum atomic E-state index is 14.0. The Labute approximate surface area is 147 Å². The summed E-state index contributed by atoms with van der Waals surface area (Å²) in [6.07, 6.45) is 1.14. The first kappa shape index (κ1) is 19.1. The third kappa shape index (κ3) is 4.44. The van der Waals surface area contributed by atoms with Crippen molar-refractivity contribution < 1.29 is 18.4 Å². The monoisotopic (exact) mass is 350 g/mol. The highest BCUT2D eigenvalue weighted by molar-refractivity contribution is 5.88. The Hall–Kier alpha value is -2.24. The van der Waals surface area contributed by atoms with Gasteiger partial charge in [-0.25, -0.2) is 8.78 Å². The average molecular weight is 350 g/mol. The van der Waals surface area contributed by atoms with Crippen LogP contribution in [-0.4, -0.2) is 47.7 Å². The van der Waals surface area contributed by atoms with Gasteiger partial charge in [-0.3, -0.25) is 9.59 Å². The molecule has 0 N–H and O–H groups in total. The second-order valence-electron chi connectivity index (χ2n) is 6.46. The number of alkyl halides is 2. The van der Waals surface area contributed by atoms with Gasteiger partial charge in [0.25, 0.3) is 5.92 Å². The third-order valence-corrected chi connectivity index (χ3v) is 4.63. The molecule has 1 aliphatic heterocycles. The van der Waals surface area contributed by atoms with Crippen molar-refractivity contribution in [1.29, 1.82) is 0 Å². The number of hydrogen-bond acceptors (Lipinski definition) is 2. The Morgan fingerprint density at radius 1 is 1.40 bits per heavy atom. The van der Waals surface area contributed by atoms with Gasteiger partial charge in [-0.05, 0) is 18.1 Å². The summed E-state index contributed by atoms with van der Waals surface area (Å²) in [6, 6.07) is 9.30. The molecule has 0 aromatic heterocycles. The summed E-state index contributed by atoms with van der Waals surface area (Å²) in [5.74, 6) is -4.94. The van der Waals surface area contributed by atoms with E-state index in [2.05, 4.69) is 6.58 Å². The highest BCUT2D eigenvalue weighted by Gasteiger charge is 2.45. The number of piperidine rings is 1.